The molecule has 0 aromatic heterocycles. The van der Waals surface area contributed by atoms with Crippen LogP contribution in [0.5, 0.6) is 5.75 Å². The first-order valence-corrected chi connectivity index (χ1v) is 8.04. The van der Waals surface area contributed by atoms with Crippen LogP contribution in [0.2, 0.25) is 5.02 Å². The Morgan fingerprint density at radius 2 is 1.81 bits per heavy atom. The number of carbonyl (C=O) groups is 2. The van der Waals surface area contributed by atoms with Gasteiger partial charge in [0.2, 0.25) is 0 Å². The molecule has 0 unspecified atom stereocenters. The van der Waals surface area contributed by atoms with Gasteiger partial charge in [-0.05, 0) is 35.9 Å². The first-order valence-electron chi connectivity index (χ1n) is 7.66. The minimum absolute atomic E-state index is 0.295. The van der Waals surface area contributed by atoms with E-state index in [1.54, 1.807) is 12.1 Å². The van der Waals surface area contributed by atoms with Crippen LogP contribution < -0.4 is 20.4 Å². The third-order valence-corrected chi connectivity index (χ3v) is 3.64. The summed E-state index contributed by atoms with van der Waals surface area (Å²) in [6, 6.07) is 12.2. The zero-order chi connectivity index (χ0) is 19.1. The summed E-state index contributed by atoms with van der Waals surface area (Å²) in [4.78, 5) is 25.8. The van der Waals surface area contributed by atoms with Crippen LogP contribution in [0.25, 0.3) is 0 Å². The highest BCUT2D eigenvalue weighted by Crippen LogP contribution is 2.27. The number of nitrogens with zero attached hydrogens (tertiary/aromatic N) is 2. The maximum Gasteiger partial charge on any atom is 0.329 e. The maximum absolute atomic E-state index is 12.0. The van der Waals surface area contributed by atoms with Gasteiger partial charge < -0.3 is 15.0 Å². The van der Waals surface area contributed by atoms with Crippen LogP contribution in [0.15, 0.2) is 47.6 Å². The van der Waals surface area contributed by atoms with Crippen LogP contribution in [0.3, 0.4) is 0 Å². The number of hydrogen-bond acceptors (Lipinski definition) is 5. The van der Waals surface area contributed by atoms with Crippen LogP contribution in [-0.2, 0) is 9.59 Å². The Kier molecular flexibility index (Phi) is 6.57. The molecule has 26 heavy (non-hydrogen) atoms. The second kappa shape index (κ2) is 8.87. The molecule has 0 atom stereocenters. The molecule has 0 spiro atoms. The topological polar surface area (TPSA) is 83.0 Å². The van der Waals surface area contributed by atoms with E-state index in [1.165, 1.54) is 19.4 Å². The molecule has 0 heterocycles. The number of hydrogen-bond donors (Lipinski definition) is 2. The Morgan fingerprint density at radius 1 is 1.12 bits per heavy atom. The molecule has 2 N–H and O–H groups in total. The van der Waals surface area contributed by atoms with Gasteiger partial charge in [0, 0.05) is 24.8 Å². The fraction of sp³-hybridized carbons (Fsp3) is 0.167. The van der Waals surface area contributed by atoms with Crippen molar-refractivity contribution in [3.05, 3.63) is 53.1 Å². The molecule has 2 aromatic rings. The lowest BCUT2D eigenvalue weighted by molar-refractivity contribution is -0.136. The van der Waals surface area contributed by atoms with Crippen molar-refractivity contribution < 1.29 is 14.3 Å². The van der Waals surface area contributed by atoms with Crippen molar-refractivity contribution in [1.29, 1.82) is 0 Å². The van der Waals surface area contributed by atoms with Crippen LogP contribution >= 0.6 is 11.6 Å². The van der Waals surface area contributed by atoms with Crippen LogP contribution in [0, 0.1) is 0 Å². The van der Waals surface area contributed by atoms with Gasteiger partial charge >= 0.3 is 11.8 Å². The highest BCUT2D eigenvalue weighted by molar-refractivity contribution is 6.40. The van der Waals surface area contributed by atoms with E-state index in [1.807, 2.05) is 43.3 Å². The molecule has 0 saturated heterocycles. The molecule has 0 aliphatic heterocycles. The van der Waals surface area contributed by atoms with Gasteiger partial charge in [-0.1, -0.05) is 23.7 Å². The molecule has 0 aliphatic rings. The zero-order valence-corrected chi connectivity index (χ0v) is 15.4. The Morgan fingerprint density at radius 3 is 2.42 bits per heavy atom. The number of anilines is 2. The van der Waals surface area contributed by atoms with E-state index in [4.69, 9.17) is 16.3 Å². The van der Waals surface area contributed by atoms with E-state index in [9.17, 15) is 9.59 Å². The summed E-state index contributed by atoms with van der Waals surface area (Å²) < 4.78 is 5.11. The molecule has 0 radical (unpaired) electrons. The predicted molar refractivity (Wildman–Crippen MR) is 103 cm³/mol. The van der Waals surface area contributed by atoms with Crippen molar-refractivity contribution in [3.63, 3.8) is 0 Å². The number of carbonyl (C=O) groups excluding carboxylic acids is 2. The molecule has 0 aliphatic carbocycles. The van der Waals surface area contributed by atoms with Crippen molar-refractivity contribution in [2.75, 3.05) is 31.4 Å². The van der Waals surface area contributed by atoms with E-state index in [0.29, 0.717) is 16.5 Å². The molecule has 136 valence electrons. The lowest BCUT2D eigenvalue weighted by Crippen LogP contribution is -2.32. The Bertz CT molecular complexity index is 820. The largest absolute Gasteiger partial charge is 0.495 e. The minimum Gasteiger partial charge on any atom is -0.495 e. The number of hydrazone groups is 1. The van der Waals surface area contributed by atoms with Crippen molar-refractivity contribution >= 4 is 41.0 Å². The summed E-state index contributed by atoms with van der Waals surface area (Å²) >= 11 is 5.88. The van der Waals surface area contributed by atoms with E-state index in [-0.39, 0.29) is 0 Å². The van der Waals surface area contributed by atoms with Crippen molar-refractivity contribution in [3.8, 4) is 5.75 Å². The molecule has 2 amide bonds. The molecule has 7 nitrogen and oxygen atoms in total. The van der Waals surface area contributed by atoms with Crippen molar-refractivity contribution in [2.45, 2.75) is 0 Å². The maximum atomic E-state index is 12.0. The SMILES string of the molecule is COc1ccc(Cl)cc1NC(=O)C(=O)N/N=C\c1ccc(N(C)C)cc1. The molecular formula is C18H19ClN4O3. The number of amides is 2. The monoisotopic (exact) mass is 374 g/mol. The fourth-order valence-corrected chi connectivity index (χ4v) is 2.20. The number of halogens is 1. The number of ether oxygens (including phenoxy) is 1. The van der Waals surface area contributed by atoms with Crippen molar-refractivity contribution in [2.24, 2.45) is 5.10 Å². The Labute approximate surface area is 156 Å². The predicted octanol–water partition coefficient (Wildman–Crippen LogP) is 2.50. The summed E-state index contributed by atoms with van der Waals surface area (Å²) in [5, 5.41) is 6.62. The summed E-state index contributed by atoms with van der Waals surface area (Å²) in [6.45, 7) is 0. The molecule has 0 fully saturated rings. The lowest BCUT2D eigenvalue weighted by Gasteiger charge is -2.11. The molecular weight excluding hydrogens is 356 g/mol. The Balaban J connectivity index is 1.95. The standard InChI is InChI=1S/C18H19ClN4O3/c1-23(2)14-7-4-12(5-8-14)11-20-22-18(25)17(24)21-15-10-13(19)6-9-16(15)26-3/h4-11H,1-3H3,(H,21,24)(H,22,25)/b20-11-. The average molecular weight is 375 g/mol. The van der Waals surface area contributed by atoms with Gasteiger partial charge in [0.1, 0.15) is 5.75 Å². The van der Waals surface area contributed by atoms with Gasteiger partial charge in [-0.3, -0.25) is 9.59 Å². The van der Waals surface area contributed by atoms with E-state index >= 15 is 0 Å². The fourth-order valence-electron chi connectivity index (χ4n) is 2.03. The van der Waals surface area contributed by atoms with Crippen LogP contribution in [-0.4, -0.2) is 39.2 Å². The van der Waals surface area contributed by atoms with Crippen LogP contribution in [0.4, 0.5) is 11.4 Å². The molecule has 0 bridgehead atoms. The van der Waals surface area contributed by atoms with Gasteiger partial charge in [0.15, 0.2) is 0 Å². The summed E-state index contributed by atoms with van der Waals surface area (Å²) in [6.07, 6.45) is 1.45. The highest BCUT2D eigenvalue weighted by Gasteiger charge is 2.15. The van der Waals surface area contributed by atoms with Gasteiger partial charge in [0.25, 0.3) is 0 Å². The average Bonchev–Trinajstić information content (AvgIpc) is 2.62. The van der Waals surface area contributed by atoms with Gasteiger partial charge in [-0.2, -0.15) is 5.10 Å². The van der Waals surface area contributed by atoms with E-state index in [2.05, 4.69) is 15.8 Å². The van der Waals surface area contributed by atoms with E-state index in [0.717, 1.165) is 11.3 Å². The summed E-state index contributed by atoms with van der Waals surface area (Å²) in [5.41, 5.74) is 4.30. The third kappa shape index (κ3) is 5.22. The van der Waals surface area contributed by atoms with Crippen LogP contribution in [0.1, 0.15) is 5.56 Å². The zero-order valence-electron chi connectivity index (χ0n) is 14.6. The van der Waals surface area contributed by atoms with E-state index < -0.39 is 11.8 Å². The highest BCUT2D eigenvalue weighted by atomic mass is 35.5. The smallest absolute Gasteiger partial charge is 0.329 e. The Hall–Kier alpha value is -3.06. The number of nitrogens with one attached hydrogen (secondary N) is 2. The minimum atomic E-state index is -0.909. The lowest BCUT2D eigenvalue weighted by atomic mass is 10.2. The summed E-state index contributed by atoms with van der Waals surface area (Å²) in [5.74, 6) is -1.40. The molecule has 2 aromatic carbocycles. The molecule has 0 saturated carbocycles. The first-order chi connectivity index (χ1) is 12.4. The van der Waals surface area contributed by atoms with Crippen molar-refractivity contribution in [1.82, 2.24) is 5.43 Å². The van der Waals surface area contributed by atoms with Gasteiger partial charge in [-0.25, -0.2) is 5.43 Å². The third-order valence-electron chi connectivity index (χ3n) is 3.41. The number of rotatable bonds is 5. The van der Waals surface area contributed by atoms with Gasteiger partial charge in [-0.15, -0.1) is 0 Å². The normalized spacial score (nSPS) is 10.5. The second-order valence-corrected chi connectivity index (χ2v) is 5.92. The molecule has 8 heteroatoms. The quantitative estimate of drug-likeness (QED) is 0.478. The number of methoxy groups -OCH3 is 1. The summed E-state index contributed by atoms with van der Waals surface area (Å²) in [7, 11) is 5.33. The van der Waals surface area contributed by atoms with Gasteiger partial charge in [0.05, 0.1) is 19.0 Å². The molecule has 2 rings (SSSR count). The number of benzene rings is 2. The second-order valence-electron chi connectivity index (χ2n) is 5.48. The first kappa shape index (κ1) is 19.3.